The lowest BCUT2D eigenvalue weighted by atomic mass is 10.1. The van der Waals surface area contributed by atoms with E-state index in [0.717, 1.165) is 23.3 Å². The average molecular weight is 245 g/mol. The fourth-order valence-electron chi connectivity index (χ4n) is 1.99. The third-order valence-electron chi connectivity index (χ3n) is 3.32. The van der Waals surface area contributed by atoms with Gasteiger partial charge < -0.3 is 10.1 Å². The first-order chi connectivity index (χ1) is 8.61. The van der Waals surface area contributed by atoms with Crippen LogP contribution in [-0.4, -0.2) is 19.1 Å². The van der Waals surface area contributed by atoms with Gasteiger partial charge in [0.1, 0.15) is 5.75 Å². The summed E-state index contributed by atoms with van der Waals surface area (Å²) < 4.78 is 5.29. The van der Waals surface area contributed by atoms with E-state index in [-0.39, 0.29) is 5.91 Å². The Hall–Kier alpha value is -1.77. The van der Waals surface area contributed by atoms with Crippen molar-refractivity contribution in [3.8, 4) is 5.75 Å². The molecule has 1 fully saturated rings. The van der Waals surface area contributed by atoms with Crippen molar-refractivity contribution in [2.24, 2.45) is 5.92 Å². The zero-order chi connectivity index (χ0) is 13.1. The predicted octanol–water partition coefficient (Wildman–Crippen LogP) is 2.62. The van der Waals surface area contributed by atoms with Crippen LogP contribution in [0.5, 0.6) is 5.75 Å². The molecule has 0 radical (unpaired) electrons. The minimum atomic E-state index is -0.0206. The zero-order valence-electron chi connectivity index (χ0n) is 11.1. The Balaban J connectivity index is 2.09. The maximum absolute atomic E-state index is 11.8. The van der Waals surface area contributed by atoms with E-state index in [4.69, 9.17) is 4.74 Å². The van der Waals surface area contributed by atoms with Gasteiger partial charge in [-0.05, 0) is 30.9 Å². The molecule has 0 aliphatic heterocycles. The number of allylic oxidation sites excluding steroid dienone is 1. The van der Waals surface area contributed by atoms with Crippen LogP contribution in [-0.2, 0) is 4.79 Å². The van der Waals surface area contributed by atoms with Crippen LogP contribution in [0.1, 0.15) is 25.8 Å². The maximum Gasteiger partial charge on any atom is 0.244 e. The van der Waals surface area contributed by atoms with Gasteiger partial charge in [-0.15, -0.1) is 0 Å². The maximum atomic E-state index is 11.8. The van der Waals surface area contributed by atoms with Crippen molar-refractivity contribution in [1.29, 1.82) is 0 Å². The summed E-state index contributed by atoms with van der Waals surface area (Å²) in [5, 5.41) is 2.99. The molecule has 2 rings (SSSR count). The quantitative estimate of drug-likeness (QED) is 0.828. The third kappa shape index (κ3) is 2.92. The number of nitrogens with one attached hydrogen (secondary N) is 1. The van der Waals surface area contributed by atoms with Crippen molar-refractivity contribution >= 4 is 11.5 Å². The van der Waals surface area contributed by atoms with E-state index < -0.39 is 0 Å². The predicted molar refractivity (Wildman–Crippen MR) is 72.4 cm³/mol. The Morgan fingerprint density at radius 3 is 2.72 bits per heavy atom. The molecule has 1 aromatic rings. The van der Waals surface area contributed by atoms with Crippen LogP contribution < -0.4 is 10.1 Å². The summed E-state index contributed by atoms with van der Waals surface area (Å²) in [6, 6.07) is 8.07. The van der Waals surface area contributed by atoms with Gasteiger partial charge >= 0.3 is 0 Å². The van der Waals surface area contributed by atoms with Gasteiger partial charge in [0.15, 0.2) is 0 Å². The number of methoxy groups -OCH3 is 1. The van der Waals surface area contributed by atoms with E-state index in [2.05, 4.69) is 12.2 Å². The molecule has 1 aromatic carbocycles. The molecule has 0 heterocycles. The monoisotopic (exact) mass is 245 g/mol. The van der Waals surface area contributed by atoms with Gasteiger partial charge in [-0.3, -0.25) is 4.79 Å². The highest BCUT2D eigenvalue weighted by Crippen LogP contribution is 2.29. The van der Waals surface area contributed by atoms with Crippen LogP contribution in [0.15, 0.2) is 30.3 Å². The molecule has 96 valence electrons. The van der Waals surface area contributed by atoms with Gasteiger partial charge in [-0.25, -0.2) is 0 Å². The lowest BCUT2D eigenvalue weighted by molar-refractivity contribution is -0.116. The molecule has 3 nitrogen and oxygen atoms in total. The molecule has 1 N–H and O–H groups in total. The fourth-order valence-corrected chi connectivity index (χ4v) is 1.99. The van der Waals surface area contributed by atoms with Crippen molar-refractivity contribution in [3.63, 3.8) is 0 Å². The molecule has 18 heavy (non-hydrogen) atoms. The molecular formula is C15H19NO2. The lowest BCUT2D eigenvalue weighted by Crippen LogP contribution is -2.24. The number of amides is 1. The average Bonchev–Trinajstić information content (AvgIpc) is 3.04. The zero-order valence-corrected chi connectivity index (χ0v) is 11.1. The fraction of sp³-hybridized carbons (Fsp3) is 0.400. The minimum Gasteiger partial charge on any atom is -0.496 e. The molecule has 1 aliphatic rings. The number of para-hydroxylation sites is 1. The van der Waals surface area contributed by atoms with Crippen molar-refractivity contribution < 1.29 is 9.53 Å². The van der Waals surface area contributed by atoms with E-state index in [1.165, 1.54) is 0 Å². The first-order valence-electron chi connectivity index (χ1n) is 6.24. The van der Waals surface area contributed by atoms with Gasteiger partial charge in [-0.2, -0.15) is 0 Å². The van der Waals surface area contributed by atoms with Crippen molar-refractivity contribution in [2.45, 2.75) is 26.3 Å². The number of carbonyl (C=O) groups is 1. The van der Waals surface area contributed by atoms with Gasteiger partial charge in [0.2, 0.25) is 5.91 Å². The van der Waals surface area contributed by atoms with Gasteiger partial charge in [0.25, 0.3) is 0 Å². The van der Waals surface area contributed by atoms with Crippen LogP contribution in [0, 0.1) is 5.92 Å². The second-order valence-electron chi connectivity index (χ2n) is 4.86. The van der Waals surface area contributed by atoms with Gasteiger partial charge in [-0.1, -0.05) is 25.1 Å². The summed E-state index contributed by atoms with van der Waals surface area (Å²) in [4.78, 5) is 11.8. The SMILES string of the molecule is COc1ccccc1/C(C)=C/C(=O)NC1CC1C. The molecule has 0 saturated heterocycles. The van der Waals surface area contributed by atoms with E-state index in [0.29, 0.717) is 12.0 Å². The molecule has 0 bridgehead atoms. The smallest absolute Gasteiger partial charge is 0.244 e. The highest BCUT2D eigenvalue weighted by atomic mass is 16.5. The van der Waals surface area contributed by atoms with Crippen LogP contribution in [0.2, 0.25) is 0 Å². The first kappa shape index (κ1) is 12.7. The van der Waals surface area contributed by atoms with E-state index in [9.17, 15) is 4.79 Å². The second kappa shape index (κ2) is 5.25. The largest absolute Gasteiger partial charge is 0.496 e. The number of carbonyl (C=O) groups excluding carboxylic acids is 1. The van der Waals surface area contributed by atoms with E-state index in [1.807, 2.05) is 31.2 Å². The number of benzene rings is 1. The Morgan fingerprint density at radius 1 is 1.44 bits per heavy atom. The van der Waals surface area contributed by atoms with Crippen LogP contribution >= 0.6 is 0 Å². The molecule has 0 aromatic heterocycles. The Morgan fingerprint density at radius 2 is 2.11 bits per heavy atom. The number of hydrogen-bond donors (Lipinski definition) is 1. The Bertz CT molecular complexity index is 479. The Kier molecular flexibility index (Phi) is 3.70. The van der Waals surface area contributed by atoms with Crippen LogP contribution in [0.25, 0.3) is 5.57 Å². The normalized spacial score (nSPS) is 22.5. The summed E-state index contributed by atoms with van der Waals surface area (Å²) in [5.74, 6) is 1.39. The van der Waals surface area contributed by atoms with Gasteiger partial charge in [0.05, 0.1) is 7.11 Å². The highest BCUT2D eigenvalue weighted by molar-refractivity contribution is 5.95. The third-order valence-corrected chi connectivity index (χ3v) is 3.32. The second-order valence-corrected chi connectivity index (χ2v) is 4.86. The standard InChI is InChI=1S/C15H19NO2/c1-10(9-15(17)16-13-8-11(13)2)12-6-4-5-7-14(12)18-3/h4-7,9,11,13H,8H2,1-3H3,(H,16,17)/b10-9+. The molecule has 2 unspecified atom stereocenters. The topological polar surface area (TPSA) is 38.3 Å². The van der Waals surface area contributed by atoms with Crippen molar-refractivity contribution in [1.82, 2.24) is 5.32 Å². The summed E-state index contributed by atoms with van der Waals surface area (Å²) >= 11 is 0. The van der Waals surface area contributed by atoms with E-state index >= 15 is 0 Å². The summed E-state index contributed by atoms with van der Waals surface area (Å²) in [5.41, 5.74) is 1.87. The first-order valence-corrected chi connectivity index (χ1v) is 6.24. The summed E-state index contributed by atoms with van der Waals surface area (Å²) in [6.07, 6.45) is 2.73. The molecule has 1 saturated carbocycles. The minimum absolute atomic E-state index is 0.0206. The lowest BCUT2D eigenvalue weighted by Gasteiger charge is -2.08. The molecular weight excluding hydrogens is 226 g/mol. The highest BCUT2D eigenvalue weighted by Gasteiger charge is 2.33. The number of hydrogen-bond acceptors (Lipinski definition) is 2. The summed E-state index contributed by atoms with van der Waals surface area (Å²) in [6.45, 7) is 4.06. The van der Waals surface area contributed by atoms with Crippen LogP contribution in [0.4, 0.5) is 0 Å². The molecule has 1 aliphatic carbocycles. The van der Waals surface area contributed by atoms with Crippen molar-refractivity contribution in [2.75, 3.05) is 7.11 Å². The number of rotatable bonds is 4. The van der Waals surface area contributed by atoms with Gasteiger partial charge in [0, 0.05) is 17.7 Å². The number of ether oxygens (including phenoxy) is 1. The Labute approximate surface area is 108 Å². The molecule has 1 amide bonds. The molecule has 3 heteroatoms. The van der Waals surface area contributed by atoms with Crippen LogP contribution in [0.3, 0.4) is 0 Å². The van der Waals surface area contributed by atoms with Crippen molar-refractivity contribution in [3.05, 3.63) is 35.9 Å². The molecule has 0 spiro atoms. The summed E-state index contributed by atoms with van der Waals surface area (Å²) in [7, 11) is 1.64. The van der Waals surface area contributed by atoms with E-state index in [1.54, 1.807) is 13.2 Å². The molecule has 2 atom stereocenters.